The number of piperazine rings is 1. The number of aromatic nitrogens is 2. The number of halogens is 2. The zero-order valence-electron chi connectivity index (χ0n) is 13.0. The van der Waals surface area contributed by atoms with Crippen molar-refractivity contribution in [1.29, 1.82) is 0 Å². The molecule has 1 saturated heterocycles. The van der Waals surface area contributed by atoms with Gasteiger partial charge in [0.25, 0.3) is 5.91 Å². The SMILES string of the molecule is C[C@H]1CN(C(=O)c2cn(C)nc2-c2ccc(F)cc2F)CCN1. The molecule has 2 aromatic rings. The van der Waals surface area contributed by atoms with E-state index in [9.17, 15) is 13.6 Å². The Balaban J connectivity index is 1.99. The van der Waals surface area contributed by atoms with Crippen molar-refractivity contribution in [2.75, 3.05) is 19.6 Å². The highest BCUT2D eigenvalue weighted by Crippen LogP contribution is 2.26. The molecule has 1 aromatic heterocycles. The zero-order chi connectivity index (χ0) is 16.6. The van der Waals surface area contributed by atoms with Crippen LogP contribution < -0.4 is 5.32 Å². The number of nitrogens with one attached hydrogen (secondary N) is 1. The summed E-state index contributed by atoms with van der Waals surface area (Å²) in [5, 5.41) is 7.47. The summed E-state index contributed by atoms with van der Waals surface area (Å²) in [6, 6.07) is 3.47. The predicted octanol–water partition coefficient (Wildman–Crippen LogP) is 1.80. The normalized spacial score (nSPS) is 18.3. The van der Waals surface area contributed by atoms with Crippen LogP contribution in [0, 0.1) is 11.6 Å². The van der Waals surface area contributed by atoms with Crippen molar-refractivity contribution >= 4 is 5.91 Å². The molecule has 0 bridgehead atoms. The Bertz CT molecular complexity index is 744. The van der Waals surface area contributed by atoms with Crippen molar-refractivity contribution < 1.29 is 13.6 Å². The first-order valence-electron chi connectivity index (χ1n) is 7.47. The molecule has 0 spiro atoms. The Kier molecular flexibility index (Phi) is 4.12. The number of hydrogen-bond acceptors (Lipinski definition) is 3. The Hall–Kier alpha value is -2.28. The van der Waals surface area contributed by atoms with Gasteiger partial charge in [0.1, 0.15) is 17.3 Å². The summed E-state index contributed by atoms with van der Waals surface area (Å²) in [4.78, 5) is 14.5. The van der Waals surface area contributed by atoms with Gasteiger partial charge in [-0.05, 0) is 19.1 Å². The number of rotatable bonds is 2. The van der Waals surface area contributed by atoms with Crippen molar-refractivity contribution in [1.82, 2.24) is 20.0 Å². The van der Waals surface area contributed by atoms with Crippen LogP contribution in [0.4, 0.5) is 8.78 Å². The van der Waals surface area contributed by atoms with Crippen molar-refractivity contribution in [3.63, 3.8) is 0 Å². The Morgan fingerprint density at radius 2 is 2.17 bits per heavy atom. The molecule has 122 valence electrons. The lowest BCUT2D eigenvalue weighted by Gasteiger charge is -2.31. The van der Waals surface area contributed by atoms with E-state index >= 15 is 0 Å². The van der Waals surface area contributed by atoms with Gasteiger partial charge in [0.05, 0.1) is 5.56 Å². The molecule has 0 saturated carbocycles. The van der Waals surface area contributed by atoms with E-state index in [2.05, 4.69) is 10.4 Å². The van der Waals surface area contributed by atoms with Crippen LogP contribution in [0.3, 0.4) is 0 Å². The largest absolute Gasteiger partial charge is 0.336 e. The zero-order valence-corrected chi connectivity index (χ0v) is 13.0. The maximum absolute atomic E-state index is 14.1. The molecule has 23 heavy (non-hydrogen) atoms. The lowest BCUT2D eigenvalue weighted by atomic mass is 10.1. The monoisotopic (exact) mass is 320 g/mol. The molecule has 1 fully saturated rings. The topological polar surface area (TPSA) is 50.2 Å². The maximum Gasteiger partial charge on any atom is 0.257 e. The predicted molar refractivity (Wildman–Crippen MR) is 81.9 cm³/mol. The Morgan fingerprint density at radius 1 is 1.39 bits per heavy atom. The van der Waals surface area contributed by atoms with E-state index in [1.807, 2.05) is 6.92 Å². The molecule has 1 N–H and O–H groups in total. The molecule has 0 radical (unpaired) electrons. The maximum atomic E-state index is 14.1. The molecule has 0 unspecified atom stereocenters. The summed E-state index contributed by atoms with van der Waals surface area (Å²) >= 11 is 0. The van der Waals surface area contributed by atoms with Crippen molar-refractivity contribution in [3.8, 4) is 11.3 Å². The summed E-state index contributed by atoms with van der Waals surface area (Å²) in [6.45, 7) is 3.89. The Labute approximate surface area is 132 Å². The number of carbonyl (C=O) groups excluding carboxylic acids is 1. The third-order valence-corrected chi connectivity index (χ3v) is 3.90. The first-order chi connectivity index (χ1) is 11.0. The molecule has 2 heterocycles. The molecule has 7 heteroatoms. The first-order valence-corrected chi connectivity index (χ1v) is 7.47. The molecule has 1 amide bonds. The Morgan fingerprint density at radius 3 is 2.87 bits per heavy atom. The lowest BCUT2D eigenvalue weighted by molar-refractivity contribution is 0.0710. The molecule has 1 aromatic carbocycles. The van der Waals surface area contributed by atoms with Gasteiger partial charge < -0.3 is 10.2 Å². The average Bonchev–Trinajstić information content (AvgIpc) is 2.88. The van der Waals surface area contributed by atoms with Gasteiger partial charge in [0, 0.05) is 50.6 Å². The molecule has 1 aliphatic rings. The van der Waals surface area contributed by atoms with E-state index in [1.165, 1.54) is 10.7 Å². The fourth-order valence-corrected chi connectivity index (χ4v) is 2.81. The number of nitrogens with zero attached hydrogens (tertiary/aromatic N) is 3. The minimum absolute atomic E-state index is 0.124. The molecule has 5 nitrogen and oxygen atoms in total. The van der Waals surface area contributed by atoms with Crippen LogP contribution in [0.2, 0.25) is 0 Å². The standard InChI is InChI=1S/C16H18F2N4O/c1-10-8-22(6-5-19-10)16(23)13-9-21(2)20-15(13)12-4-3-11(17)7-14(12)18/h3-4,7,9-10,19H,5-6,8H2,1-2H3/t10-/m0/s1. The fraction of sp³-hybridized carbons (Fsp3) is 0.375. The van der Waals surface area contributed by atoms with Crippen LogP contribution in [-0.4, -0.2) is 46.3 Å². The molecular formula is C16H18F2N4O. The van der Waals surface area contributed by atoms with Crippen LogP contribution in [0.5, 0.6) is 0 Å². The van der Waals surface area contributed by atoms with Gasteiger partial charge in [0.15, 0.2) is 0 Å². The van der Waals surface area contributed by atoms with Crippen molar-refractivity contribution in [3.05, 3.63) is 41.6 Å². The van der Waals surface area contributed by atoms with Crippen LogP contribution >= 0.6 is 0 Å². The molecule has 1 aliphatic heterocycles. The average molecular weight is 320 g/mol. The second kappa shape index (κ2) is 6.08. The molecule has 0 aliphatic carbocycles. The van der Waals surface area contributed by atoms with Crippen LogP contribution in [-0.2, 0) is 7.05 Å². The highest BCUT2D eigenvalue weighted by molar-refractivity contribution is 6.00. The van der Waals surface area contributed by atoms with Gasteiger partial charge in [-0.25, -0.2) is 8.78 Å². The van der Waals surface area contributed by atoms with Gasteiger partial charge in [-0.15, -0.1) is 0 Å². The molecular weight excluding hydrogens is 302 g/mol. The minimum atomic E-state index is -0.730. The van der Waals surface area contributed by atoms with Gasteiger partial charge in [-0.1, -0.05) is 0 Å². The van der Waals surface area contributed by atoms with E-state index < -0.39 is 11.6 Å². The number of hydrogen-bond donors (Lipinski definition) is 1. The smallest absolute Gasteiger partial charge is 0.257 e. The molecule has 1 atom stereocenters. The number of carbonyl (C=O) groups is 1. The second-order valence-corrected chi connectivity index (χ2v) is 5.80. The first kappa shape index (κ1) is 15.6. The van der Waals surface area contributed by atoms with Crippen LogP contribution in [0.1, 0.15) is 17.3 Å². The summed E-state index contributed by atoms with van der Waals surface area (Å²) in [5.74, 6) is -1.58. The highest BCUT2D eigenvalue weighted by atomic mass is 19.1. The van der Waals surface area contributed by atoms with Gasteiger partial charge in [-0.3, -0.25) is 9.48 Å². The van der Waals surface area contributed by atoms with E-state index in [0.29, 0.717) is 25.2 Å². The summed E-state index contributed by atoms with van der Waals surface area (Å²) in [5.41, 5.74) is 0.687. The van der Waals surface area contributed by atoms with Crippen LogP contribution in [0.25, 0.3) is 11.3 Å². The third-order valence-electron chi connectivity index (χ3n) is 3.90. The molecule has 3 rings (SSSR count). The van der Waals surface area contributed by atoms with Crippen molar-refractivity contribution in [2.45, 2.75) is 13.0 Å². The van der Waals surface area contributed by atoms with Crippen molar-refractivity contribution in [2.24, 2.45) is 7.05 Å². The number of aryl methyl sites for hydroxylation is 1. The van der Waals surface area contributed by atoms with Gasteiger partial charge in [-0.2, -0.15) is 5.10 Å². The number of benzene rings is 1. The number of amides is 1. The quantitative estimate of drug-likeness (QED) is 0.918. The second-order valence-electron chi connectivity index (χ2n) is 5.80. The lowest BCUT2D eigenvalue weighted by Crippen LogP contribution is -2.51. The van der Waals surface area contributed by atoms with Gasteiger partial charge >= 0.3 is 0 Å². The van der Waals surface area contributed by atoms with E-state index in [1.54, 1.807) is 18.1 Å². The van der Waals surface area contributed by atoms with Crippen LogP contribution in [0.15, 0.2) is 24.4 Å². The minimum Gasteiger partial charge on any atom is -0.336 e. The van der Waals surface area contributed by atoms with E-state index in [-0.39, 0.29) is 23.2 Å². The van der Waals surface area contributed by atoms with E-state index in [0.717, 1.165) is 12.1 Å². The third kappa shape index (κ3) is 3.10. The summed E-state index contributed by atoms with van der Waals surface area (Å²) in [7, 11) is 1.67. The van der Waals surface area contributed by atoms with Gasteiger partial charge in [0.2, 0.25) is 0 Å². The summed E-state index contributed by atoms with van der Waals surface area (Å²) in [6.07, 6.45) is 1.58. The van der Waals surface area contributed by atoms with E-state index in [4.69, 9.17) is 0 Å². The highest BCUT2D eigenvalue weighted by Gasteiger charge is 2.26. The fourth-order valence-electron chi connectivity index (χ4n) is 2.81. The summed E-state index contributed by atoms with van der Waals surface area (Å²) < 4.78 is 28.7.